The van der Waals surface area contributed by atoms with Gasteiger partial charge >= 0.3 is 0 Å². The first-order valence-corrected chi connectivity index (χ1v) is 5.65. The van der Waals surface area contributed by atoms with Gasteiger partial charge in [-0.25, -0.2) is 0 Å². The summed E-state index contributed by atoms with van der Waals surface area (Å²) in [5, 5.41) is 10.2. The molecule has 1 aromatic rings. The number of phenolic OH excluding ortho intramolecular Hbond substituents is 1. The minimum Gasteiger partial charge on any atom is -0.507 e. The average molecular weight is 236 g/mol. The minimum absolute atomic E-state index is 0.0217. The van der Waals surface area contributed by atoms with Crippen molar-refractivity contribution in [2.75, 3.05) is 7.11 Å². The molecule has 0 aromatic heterocycles. The lowest BCUT2D eigenvalue weighted by atomic mass is 9.84. The van der Waals surface area contributed by atoms with Crippen molar-refractivity contribution in [2.45, 2.75) is 39.5 Å². The molecule has 94 valence electrons. The van der Waals surface area contributed by atoms with E-state index in [2.05, 4.69) is 0 Å². The van der Waals surface area contributed by atoms with Crippen LogP contribution in [0.15, 0.2) is 12.1 Å². The van der Waals surface area contributed by atoms with E-state index < -0.39 is 0 Å². The summed E-state index contributed by atoms with van der Waals surface area (Å²) >= 11 is 0. The fraction of sp³-hybridized carbons (Fsp3) is 0.500. The lowest BCUT2D eigenvalue weighted by Gasteiger charge is -2.22. The standard InChI is InChI=1S/C14H20O3/c1-9(15)6-10-7-11(17-5)8-12(13(10)16)14(2,3)4/h7-8,16H,6H2,1-5H3. The molecule has 0 heterocycles. The number of phenols is 1. The van der Waals surface area contributed by atoms with E-state index in [1.165, 1.54) is 6.92 Å². The number of benzene rings is 1. The zero-order chi connectivity index (χ0) is 13.2. The van der Waals surface area contributed by atoms with Crippen LogP contribution in [-0.2, 0) is 16.6 Å². The second-order valence-corrected chi connectivity index (χ2v) is 5.31. The van der Waals surface area contributed by atoms with Gasteiger partial charge in [0.1, 0.15) is 17.3 Å². The summed E-state index contributed by atoms with van der Waals surface area (Å²) in [6, 6.07) is 3.53. The molecule has 0 bridgehead atoms. The largest absolute Gasteiger partial charge is 0.507 e. The highest BCUT2D eigenvalue weighted by molar-refractivity contribution is 5.79. The van der Waals surface area contributed by atoms with Gasteiger partial charge in [0.05, 0.1) is 7.11 Å². The van der Waals surface area contributed by atoms with Crippen LogP contribution in [0.5, 0.6) is 11.5 Å². The maximum absolute atomic E-state index is 11.2. The molecule has 0 unspecified atom stereocenters. The van der Waals surface area contributed by atoms with Crippen molar-refractivity contribution in [1.29, 1.82) is 0 Å². The van der Waals surface area contributed by atoms with Crippen LogP contribution in [-0.4, -0.2) is 18.0 Å². The zero-order valence-electron chi connectivity index (χ0n) is 11.1. The number of Topliss-reactive ketones (excluding diaryl/α,β-unsaturated/α-hetero) is 1. The van der Waals surface area contributed by atoms with Gasteiger partial charge in [-0.3, -0.25) is 4.79 Å². The van der Waals surface area contributed by atoms with Crippen LogP contribution in [0.2, 0.25) is 0 Å². The van der Waals surface area contributed by atoms with Gasteiger partial charge in [-0.1, -0.05) is 20.8 Å². The Labute approximate surface area is 102 Å². The van der Waals surface area contributed by atoms with Gasteiger partial charge < -0.3 is 9.84 Å². The number of rotatable bonds is 3. The predicted molar refractivity (Wildman–Crippen MR) is 67.7 cm³/mol. The van der Waals surface area contributed by atoms with Crippen LogP contribution in [0.4, 0.5) is 0 Å². The number of methoxy groups -OCH3 is 1. The van der Waals surface area contributed by atoms with E-state index in [0.29, 0.717) is 11.3 Å². The summed E-state index contributed by atoms with van der Waals surface area (Å²) in [4.78, 5) is 11.2. The van der Waals surface area contributed by atoms with Gasteiger partial charge in [-0.2, -0.15) is 0 Å². The van der Waals surface area contributed by atoms with Gasteiger partial charge in [-0.05, 0) is 24.5 Å². The third kappa shape index (κ3) is 3.22. The summed E-state index contributed by atoms with van der Waals surface area (Å²) in [5.41, 5.74) is 1.24. The molecular formula is C14H20O3. The maximum Gasteiger partial charge on any atom is 0.134 e. The molecule has 1 rings (SSSR count). The van der Waals surface area contributed by atoms with Crippen LogP contribution in [0, 0.1) is 0 Å². The first-order valence-electron chi connectivity index (χ1n) is 5.65. The molecule has 3 heteroatoms. The van der Waals surface area contributed by atoms with Crippen molar-refractivity contribution in [3.8, 4) is 11.5 Å². The molecule has 0 aliphatic heterocycles. The number of ether oxygens (including phenoxy) is 1. The summed E-state index contributed by atoms with van der Waals surface area (Å²) < 4.78 is 5.20. The quantitative estimate of drug-likeness (QED) is 0.877. The van der Waals surface area contributed by atoms with Gasteiger partial charge in [0.2, 0.25) is 0 Å². The van der Waals surface area contributed by atoms with Gasteiger partial charge in [-0.15, -0.1) is 0 Å². The fourth-order valence-corrected chi connectivity index (χ4v) is 1.76. The highest BCUT2D eigenvalue weighted by atomic mass is 16.5. The Morgan fingerprint density at radius 1 is 1.35 bits per heavy atom. The maximum atomic E-state index is 11.2. The van der Waals surface area contributed by atoms with E-state index in [0.717, 1.165) is 5.56 Å². The van der Waals surface area contributed by atoms with E-state index in [-0.39, 0.29) is 23.4 Å². The Balaban J connectivity index is 3.36. The molecule has 0 fully saturated rings. The molecule has 0 spiro atoms. The number of hydrogen-bond acceptors (Lipinski definition) is 3. The molecule has 1 aromatic carbocycles. The van der Waals surface area contributed by atoms with Gasteiger partial charge in [0.25, 0.3) is 0 Å². The zero-order valence-corrected chi connectivity index (χ0v) is 11.1. The predicted octanol–water partition coefficient (Wildman–Crippen LogP) is 2.83. The second kappa shape index (κ2) is 4.78. The molecule has 1 N–H and O–H groups in total. The second-order valence-electron chi connectivity index (χ2n) is 5.31. The van der Waals surface area contributed by atoms with Crippen molar-refractivity contribution in [3.05, 3.63) is 23.3 Å². The first kappa shape index (κ1) is 13.6. The van der Waals surface area contributed by atoms with Crippen molar-refractivity contribution in [3.63, 3.8) is 0 Å². The topological polar surface area (TPSA) is 46.5 Å². The molecule has 17 heavy (non-hydrogen) atoms. The van der Waals surface area contributed by atoms with Gasteiger partial charge in [0, 0.05) is 17.5 Å². The Kier molecular flexibility index (Phi) is 3.81. The molecule has 0 atom stereocenters. The first-order chi connectivity index (χ1) is 7.75. The summed E-state index contributed by atoms with van der Waals surface area (Å²) in [6.07, 6.45) is 0.228. The van der Waals surface area contributed by atoms with Gasteiger partial charge in [0.15, 0.2) is 0 Å². The SMILES string of the molecule is COc1cc(CC(C)=O)c(O)c(C(C)(C)C)c1. The smallest absolute Gasteiger partial charge is 0.134 e. The van der Waals surface area contributed by atoms with Crippen LogP contribution >= 0.6 is 0 Å². The summed E-state index contributed by atoms with van der Waals surface area (Å²) in [7, 11) is 1.58. The van der Waals surface area contributed by atoms with E-state index in [4.69, 9.17) is 4.74 Å². The highest BCUT2D eigenvalue weighted by Crippen LogP contribution is 2.36. The van der Waals surface area contributed by atoms with E-state index in [9.17, 15) is 9.90 Å². The summed E-state index contributed by atoms with van der Waals surface area (Å²) in [6.45, 7) is 7.55. The minimum atomic E-state index is -0.190. The van der Waals surface area contributed by atoms with E-state index in [1.54, 1.807) is 13.2 Å². The van der Waals surface area contributed by atoms with Crippen LogP contribution in [0.3, 0.4) is 0 Å². The van der Waals surface area contributed by atoms with E-state index in [1.807, 2.05) is 26.8 Å². The van der Waals surface area contributed by atoms with Crippen molar-refractivity contribution < 1.29 is 14.6 Å². The Hall–Kier alpha value is -1.51. The third-order valence-electron chi connectivity index (χ3n) is 2.65. The van der Waals surface area contributed by atoms with Crippen LogP contribution in [0.1, 0.15) is 38.8 Å². The molecular weight excluding hydrogens is 216 g/mol. The molecule has 0 aliphatic carbocycles. The molecule has 0 aliphatic rings. The number of hydrogen-bond donors (Lipinski definition) is 1. The highest BCUT2D eigenvalue weighted by Gasteiger charge is 2.22. The Morgan fingerprint density at radius 3 is 2.35 bits per heavy atom. The summed E-state index contributed by atoms with van der Waals surface area (Å²) in [5.74, 6) is 0.894. The third-order valence-corrected chi connectivity index (χ3v) is 2.65. The normalized spacial score (nSPS) is 11.4. The monoisotopic (exact) mass is 236 g/mol. The van der Waals surface area contributed by atoms with Crippen molar-refractivity contribution in [1.82, 2.24) is 0 Å². The number of aromatic hydroxyl groups is 1. The number of ketones is 1. The number of carbonyl (C=O) groups excluding carboxylic acids is 1. The van der Waals surface area contributed by atoms with Crippen molar-refractivity contribution in [2.24, 2.45) is 0 Å². The van der Waals surface area contributed by atoms with E-state index >= 15 is 0 Å². The molecule has 0 amide bonds. The number of carbonyl (C=O) groups is 1. The van der Waals surface area contributed by atoms with Crippen LogP contribution < -0.4 is 4.74 Å². The Morgan fingerprint density at radius 2 is 1.94 bits per heavy atom. The lowest BCUT2D eigenvalue weighted by Crippen LogP contribution is -2.13. The lowest BCUT2D eigenvalue weighted by molar-refractivity contribution is -0.116. The Bertz CT molecular complexity index is 428. The molecule has 3 nitrogen and oxygen atoms in total. The van der Waals surface area contributed by atoms with Crippen LogP contribution in [0.25, 0.3) is 0 Å². The molecule has 0 radical (unpaired) electrons. The van der Waals surface area contributed by atoms with Crippen molar-refractivity contribution >= 4 is 5.78 Å². The molecule has 0 saturated heterocycles. The fourth-order valence-electron chi connectivity index (χ4n) is 1.76. The molecule has 0 saturated carbocycles. The average Bonchev–Trinajstić information content (AvgIpc) is 2.18.